The molecule has 0 aliphatic carbocycles. The molecule has 0 aliphatic rings. The van der Waals surface area contributed by atoms with Gasteiger partial charge in [-0.1, -0.05) is 6.92 Å². The molecule has 0 saturated carbocycles. The predicted molar refractivity (Wildman–Crippen MR) is 56.4 cm³/mol. The Labute approximate surface area is 83.8 Å². The van der Waals surface area contributed by atoms with E-state index in [0.717, 1.165) is 17.7 Å². The van der Waals surface area contributed by atoms with Gasteiger partial charge in [0.05, 0.1) is 0 Å². The fraction of sp³-hybridized carbons (Fsp3) is 0.364. The lowest BCUT2D eigenvalue weighted by Crippen LogP contribution is -2.11. The second-order valence-electron chi connectivity index (χ2n) is 3.30. The van der Waals surface area contributed by atoms with Crippen molar-refractivity contribution >= 4 is 11.6 Å². The van der Waals surface area contributed by atoms with E-state index in [1.165, 1.54) is 0 Å². The minimum absolute atomic E-state index is 0.0151. The summed E-state index contributed by atoms with van der Waals surface area (Å²) in [6, 6.07) is 4.90. The highest BCUT2D eigenvalue weighted by Gasteiger charge is 2.03. The molecule has 0 fully saturated rings. The molecule has 76 valence electrons. The van der Waals surface area contributed by atoms with Crippen LogP contribution in [0.25, 0.3) is 0 Å². The van der Waals surface area contributed by atoms with Crippen LogP contribution in [0.5, 0.6) is 5.75 Å². The number of hydrogen-bond donors (Lipinski definition) is 2. The Morgan fingerprint density at radius 1 is 1.50 bits per heavy atom. The maximum absolute atomic E-state index is 11.3. The summed E-state index contributed by atoms with van der Waals surface area (Å²) in [5.41, 5.74) is 1.63. The maximum Gasteiger partial charge on any atom is 0.224 e. The number of hydrogen-bond acceptors (Lipinski definition) is 2. The Kier molecular flexibility index (Phi) is 3.51. The predicted octanol–water partition coefficient (Wildman–Crippen LogP) is 2.44. The zero-order valence-corrected chi connectivity index (χ0v) is 8.50. The lowest BCUT2D eigenvalue weighted by molar-refractivity contribution is -0.116. The highest BCUT2D eigenvalue weighted by molar-refractivity contribution is 5.91. The van der Waals surface area contributed by atoms with Crippen molar-refractivity contribution in [2.24, 2.45) is 0 Å². The van der Waals surface area contributed by atoms with Gasteiger partial charge in [0.1, 0.15) is 5.75 Å². The summed E-state index contributed by atoms with van der Waals surface area (Å²) in [7, 11) is 0. The zero-order chi connectivity index (χ0) is 10.6. The Balaban J connectivity index is 2.72. The first-order chi connectivity index (χ1) is 6.63. The monoisotopic (exact) mass is 193 g/mol. The van der Waals surface area contributed by atoms with Gasteiger partial charge in [-0.2, -0.15) is 0 Å². The van der Waals surface area contributed by atoms with Gasteiger partial charge in [-0.15, -0.1) is 0 Å². The summed E-state index contributed by atoms with van der Waals surface area (Å²) in [4.78, 5) is 11.3. The fourth-order valence-corrected chi connectivity index (χ4v) is 1.23. The van der Waals surface area contributed by atoms with E-state index in [0.29, 0.717) is 6.42 Å². The summed E-state index contributed by atoms with van der Waals surface area (Å²) < 4.78 is 0. The Morgan fingerprint density at radius 3 is 2.79 bits per heavy atom. The maximum atomic E-state index is 11.3. The SMILES string of the molecule is CCCC(=O)Nc1ccc(O)cc1C. The number of phenolic OH excluding ortho intramolecular Hbond substituents is 1. The summed E-state index contributed by atoms with van der Waals surface area (Å²) in [6.07, 6.45) is 1.36. The molecule has 0 saturated heterocycles. The van der Waals surface area contributed by atoms with Crippen molar-refractivity contribution in [3.8, 4) is 5.75 Å². The Bertz CT molecular complexity index is 334. The molecular weight excluding hydrogens is 178 g/mol. The van der Waals surface area contributed by atoms with Crippen LogP contribution in [-0.2, 0) is 4.79 Å². The standard InChI is InChI=1S/C11H15NO2/c1-3-4-11(14)12-10-6-5-9(13)7-8(10)2/h5-7,13H,3-4H2,1-2H3,(H,12,14). The van der Waals surface area contributed by atoms with Gasteiger partial charge in [0.25, 0.3) is 0 Å². The Morgan fingerprint density at radius 2 is 2.21 bits per heavy atom. The number of anilines is 1. The first-order valence-corrected chi connectivity index (χ1v) is 4.73. The number of aromatic hydroxyl groups is 1. The van der Waals surface area contributed by atoms with Crippen molar-refractivity contribution in [3.05, 3.63) is 23.8 Å². The number of phenols is 1. The van der Waals surface area contributed by atoms with Crippen LogP contribution < -0.4 is 5.32 Å². The number of carbonyl (C=O) groups excluding carboxylic acids is 1. The van der Waals surface area contributed by atoms with Gasteiger partial charge in [0, 0.05) is 12.1 Å². The molecule has 0 atom stereocenters. The summed E-state index contributed by atoms with van der Waals surface area (Å²) >= 11 is 0. The molecule has 0 unspecified atom stereocenters. The molecule has 1 aromatic rings. The van der Waals surface area contributed by atoms with Gasteiger partial charge in [-0.3, -0.25) is 4.79 Å². The number of amides is 1. The molecule has 1 amide bonds. The largest absolute Gasteiger partial charge is 0.508 e. The van der Waals surface area contributed by atoms with E-state index in [9.17, 15) is 4.79 Å². The van der Waals surface area contributed by atoms with Crippen molar-refractivity contribution in [2.45, 2.75) is 26.7 Å². The normalized spacial score (nSPS) is 9.86. The number of rotatable bonds is 3. The average Bonchev–Trinajstić information content (AvgIpc) is 2.10. The molecule has 1 aromatic carbocycles. The molecular formula is C11H15NO2. The van der Waals surface area contributed by atoms with E-state index in [1.807, 2.05) is 13.8 Å². The van der Waals surface area contributed by atoms with E-state index in [1.54, 1.807) is 18.2 Å². The number of carbonyl (C=O) groups is 1. The molecule has 2 N–H and O–H groups in total. The number of nitrogens with one attached hydrogen (secondary N) is 1. The van der Waals surface area contributed by atoms with E-state index in [4.69, 9.17) is 5.11 Å². The zero-order valence-electron chi connectivity index (χ0n) is 8.50. The second-order valence-corrected chi connectivity index (χ2v) is 3.30. The third-order valence-corrected chi connectivity index (χ3v) is 1.96. The number of benzene rings is 1. The van der Waals surface area contributed by atoms with Crippen molar-refractivity contribution in [2.75, 3.05) is 5.32 Å². The quantitative estimate of drug-likeness (QED) is 0.724. The van der Waals surface area contributed by atoms with Crippen LogP contribution in [0.3, 0.4) is 0 Å². The van der Waals surface area contributed by atoms with E-state index in [-0.39, 0.29) is 11.7 Å². The molecule has 0 radical (unpaired) electrons. The van der Waals surface area contributed by atoms with Crippen LogP contribution in [0.15, 0.2) is 18.2 Å². The third-order valence-electron chi connectivity index (χ3n) is 1.96. The van der Waals surface area contributed by atoms with Crippen LogP contribution in [0, 0.1) is 6.92 Å². The van der Waals surface area contributed by atoms with E-state index in [2.05, 4.69) is 5.32 Å². The van der Waals surface area contributed by atoms with Gasteiger partial charge >= 0.3 is 0 Å². The average molecular weight is 193 g/mol. The molecule has 0 spiro atoms. The van der Waals surface area contributed by atoms with Crippen molar-refractivity contribution in [1.29, 1.82) is 0 Å². The van der Waals surface area contributed by atoms with Crippen LogP contribution in [0.4, 0.5) is 5.69 Å². The van der Waals surface area contributed by atoms with Gasteiger partial charge in [0.2, 0.25) is 5.91 Å². The van der Waals surface area contributed by atoms with Crippen molar-refractivity contribution < 1.29 is 9.90 Å². The molecule has 0 bridgehead atoms. The topological polar surface area (TPSA) is 49.3 Å². The molecule has 1 rings (SSSR count). The molecule has 3 nitrogen and oxygen atoms in total. The smallest absolute Gasteiger partial charge is 0.224 e. The minimum atomic E-state index is 0.0151. The van der Waals surface area contributed by atoms with Crippen LogP contribution in [-0.4, -0.2) is 11.0 Å². The van der Waals surface area contributed by atoms with Gasteiger partial charge in [-0.25, -0.2) is 0 Å². The lowest BCUT2D eigenvalue weighted by Gasteiger charge is -2.07. The second kappa shape index (κ2) is 4.65. The molecule has 0 aromatic heterocycles. The third kappa shape index (κ3) is 2.76. The van der Waals surface area contributed by atoms with E-state index < -0.39 is 0 Å². The number of aryl methyl sites for hydroxylation is 1. The summed E-state index contributed by atoms with van der Waals surface area (Å²) in [5, 5.41) is 12.0. The minimum Gasteiger partial charge on any atom is -0.508 e. The van der Waals surface area contributed by atoms with Crippen LogP contribution in [0.1, 0.15) is 25.3 Å². The van der Waals surface area contributed by atoms with Crippen molar-refractivity contribution in [3.63, 3.8) is 0 Å². The molecule has 14 heavy (non-hydrogen) atoms. The van der Waals surface area contributed by atoms with Gasteiger partial charge in [0.15, 0.2) is 0 Å². The first kappa shape index (κ1) is 10.6. The highest BCUT2D eigenvalue weighted by atomic mass is 16.3. The van der Waals surface area contributed by atoms with Crippen molar-refractivity contribution in [1.82, 2.24) is 0 Å². The highest BCUT2D eigenvalue weighted by Crippen LogP contribution is 2.20. The van der Waals surface area contributed by atoms with Crippen LogP contribution in [0.2, 0.25) is 0 Å². The van der Waals surface area contributed by atoms with Gasteiger partial charge in [-0.05, 0) is 37.1 Å². The molecule has 3 heteroatoms. The first-order valence-electron chi connectivity index (χ1n) is 4.73. The fourth-order valence-electron chi connectivity index (χ4n) is 1.23. The Hall–Kier alpha value is -1.51. The summed E-state index contributed by atoms with van der Waals surface area (Å²) in [5.74, 6) is 0.234. The molecule has 0 heterocycles. The van der Waals surface area contributed by atoms with Crippen LogP contribution >= 0.6 is 0 Å². The lowest BCUT2D eigenvalue weighted by atomic mass is 10.2. The molecule has 0 aliphatic heterocycles. The summed E-state index contributed by atoms with van der Waals surface area (Å²) in [6.45, 7) is 3.81. The van der Waals surface area contributed by atoms with E-state index >= 15 is 0 Å². The van der Waals surface area contributed by atoms with Gasteiger partial charge < -0.3 is 10.4 Å².